The number of hydrogen-bond acceptors (Lipinski definition) is 7. The van der Waals surface area contributed by atoms with Crippen LogP contribution in [0.3, 0.4) is 0 Å². The van der Waals surface area contributed by atoms with E-state index in [0.29, 0.717) is 41.6 Å². The largest absolute Gasteiger partial charge is 0.441 e. The molecule has 0 aliphatic heterocycles. The summed E-state index contributed by atoms with van der Waals surface area (Å²) in [6.45, 7) is 2.01. The Morgan fingerprint density at radius 2 is 2.00 bits per heavy atom. The van der Waals surface area contributed by atoms with Crippen molar-refractivity contribution < 1.29 is 18.5 Å². The van der Waals surface area contributed by atoms with Gasteiger partial charge in [-0.25, -0.2) is 4.98 Å². The molecule has 1 aromatic carbocycles. The van der Waals surface area contributed by atoms with Crippen LogP contribution in [0.25, 0.3) is 11.5 Å². The highest BCUT2D eigenvalue weighted by atomic mass is 16.5. The Morgan fingerprint density at radius 1 is 1.11 bits per heavy atom. The number of aryl methyl sites for hydroxylation is 3. The van der Waals surface area contributed by atoms with E-state index in [1.165, 1.54) is 0 Å². The molecule has 4 aromatic rings. The topological polar surface area (TPSA) is 123 Å². The van der Waals surface area contributed by atoms with Gasteiger partial charge in [0, 0.05) is 42.0 Å². The molecule has 5 rings (SSSR count). The van der Waals surface area contributed by atoms with Crippen molar-refractivity contribution in [3.63, 3.8) is 0 Å². The number of anilines is 1. The van der Waals surface area contributed by atoms with Crippen LogP contribution in [-0.2, 0) is 30.6 Å². The van der Waals surface area contributed by atoms with Crippen LogP contribution in [0.1, 0.15) is 58.1 Å². The second-order valence-corrected chi connectivity index (χ2v) is 8.83. The van der Waals surface area contributed by atoms with Crippen LogP contribution >= 0.6 is 0 Å². The Bertz CT molecular complexity index is 1380. The zero-order valence-corrected chi connectivity index (χ0v) is 20.0. The van der Waals surface area contributed by atoms with Crippen LogP contribution < -0.4 is 10.6 Å². The number of carbonyl (C=O) groups is 2. The van der Waals surface area contributed by atoms with Gasteiger partial charge in [0.25, 0.3) is 5.91 Å². The normalized spacial score (nSPS) is 12.7. The molecule has 1 aliphatic carbocycles. The standard InChI is InChI=1S/C27H27N5O4/c1-17-22(16-29-26(34)25-21-9-2-3-10-23(21)36-32-25)31-27(35-17)19-7-4-8-20(14-19)30-24(33)12-11-18-6-5-13-28-15-18/h4-8,13-15H,2-3,9-12,16H2,1H3,(H,29,34)(H,30,33). The molecule has 0 spiro atoms. The molecule has 0 fully saturated rings. The van der Waals surface area contributed by atoms with E-state index < -0.39 is 0 Å². The van der Waals surface area contributed by atoms with E-state index in [1.54, 1.807) is 19.3 Å². The lowest BCUT2D eigenvalue weighted by molar-refractivity contribution is -0.116. The predicted molar refractivity (Wildman–Crippen MR) is 132 cm³/mol. The van der Waals surface area contributed by atoms with Gasteiger partial charge < -0.3 is 19.6 Å². The van der Waals surface area contributed by atoms with Gasteiger partial charge in [-0.2, -0.15) is 0 Å². The first-order valence-electron chi connectivity index (χ1n) is 12.1. The average Bonchev–Trinajstić information content (AvgIpc) is 3.50. The fourth-order valence-corrected chi connectivity index (χ4v) is 4.28. The van der Waals surface area contributed by atoms with E-state index in [9.17, 15) is 9.59 Å². The summed E-state index contributed by atoms with van der Waals surface area (Å²) in [5.41, 5.74) is 4.30. The lowest BCUT2D eigenvalue weighted by Crippen LogP contribution is -2.25. The van der Waals surface area contributed by atoms with Crippen molar-refractivity contribution in [1.29, 1.82) is 0 Å². The van der Waals surface area contributed by atoms with Crippen molar-refractivity contribution in [1.82, 2.24) is 20.4 Å². The first kappa shape index (κ1) is 23.5. The quantitative estimate of drug-likeness (QED) is 0.379. The highest BCUT2D eigenvalue weighted by Crippen LogP contribution is 2.26. The van der Waals surface area contributed by atoms with Crippen LogP contribution in [-0.4, -0.2) is 26.9 Å². The number of nitrogens with zero attached hydrogens (tertiary/aromatic N) is 3. The highest BCUT2D eigenvalue weighted by Gasteiger charge is 2.24. The third-order valence-corrected chi connectivity index (χ3v) is 6.23. The maximum absolute atomic E-state index is 12.7. The van der Waals surface area contributed by atoms with Crippen molar-refractivity contribution in [2.45, 2.75) is 52.0 Å². The summed E-state index contributed by atoms with van der Waals surface area (Å²) in [6.07, 6.45) is 8.17. The molecule has 36 heavy (non-hydrogen) atoms. The van der Waals surface area contributed by atoms with Crippen LogP contribution in [0.4, 0.5) is 5.69 Å². The third-order valence-electron chi connectivity index (χ3n) is 6.23. The molecular weight excluding hydrogens is 458 g/mol. The van der Waals surface area contributed by atoms with Gasteiger partial charge in [0.05, 0.1) is 6.54 Å². The molecule has 0 radical (unpaired) electrons. The number of hydrogen-bond donors (Lipinski definition) is 2. The van der Waals surface area contributed by atoms with Crippen molar-refractivity contribution in [2.75, 3.05) is 5.32 Å². The summed E-state index contributed by atoms with van der Waals surface area (Å²) in [4.78, 5) is 33.7. The van der Waals surface area contributed by atoms with Crippen molar-refractivity contribution in [3.05, 3.63) is 82.8 Å². The van der Waals surface area contributed by atoms with Gasteiger partial charge in [-0.15, -0.1) is 0 Å². The van der Waals surface area contributed by atoms with Gasteiger partial charge in [0.1, 0.15) is 17.2 Å². The second-order valence-electron chi connectivity index (χ2n) is 8.83. The molecule has 9 nitrogen and oxygen atoms in total. The smallest absolute Gasteiger partial charge is 0.274 e. The fraction of sp³-hybridized carbons (Fsp3) is 0.296. The monoisotopic (exact) mass is 485 g/mol. The number of rotatable bonds is 8. The maximum Gasteiger partial charge on any atom is 0.274 e. The van der Waals surface area contributed by atoms with E-state index in [-0.39, 0.29) is 18.4 Å². The van der Waals surface area contributed by atoms with Gasteiger partial charge in [-0.1, -0.05) is 17.3 Å². The van der Waals surface area contributed by atoms with E-state index >= 15 is 0 Å². The van der Waals surface area contributed by atoms with Crippen LogP contribution in [0.2, 0.25) is 0 Å². The molecule has 0 saturated heterocycles. The number of carbonyl (C=O) groups excluding carboxylic acids is 2. The molecule has 3 heterocycles. The summed E-state index contributed by atoms with van der Waals surface area (Å²) in [5, 5.41) is 9.78. The second kappa shape index (κ2) is 10.6. The number of nitrogens with one attached hydrogen (secondary N) is 2. The van der Waals surface area contributed by atoms with Gasteiger partial charge in [0.2, 0.25) is 11.8 Å². The minimum atomic E-state index is -0.276. The van der Waals surface area contributed by atoms with E-state index in [2.05, 4.69) is 25.8 Å². The Hall–Kier alpha value is -4.27. The van der Waals surface area contributed by atoms with E-state index in [0.717, 1.165) is 48.1 Å². The first-order chi connectivity index (χ1) is 17.6. The summed E-state index contributed by atoms with van der Waals surface area (Å²) in [7, 11) is 0. The average molecular weight is 486 g/mol. The molecule has 0 bridgehead atoms. The maximum atomic E-state index is 12.7. The summed E-state index contributed by atoms with van der Waals surface area (Å²) >= 11 is 0. The van der Waals surface area contributed by atoms with Crippen LogP contribution in [0.15, 0.2) is 57.7 Å². The Morgan fingerprint density at radius 3 is 2.86 bits per heavy atom. The predicted octanol–water partition coefficient (Wildman–Crippen LogP) is 4.41. The number of amides is 2. The molecule has 0 atom stereocenters. The molecule has 3 aromatic heterocycles. The lowest BCUT2D eigenvalue weighted by Gasteiger charge is -2.09. The van der Waals surface area contributed by atoms with Crippen molar-refractivity contribution in [3.8, 4) is 11.5 Å². The Labute approximate surface area is 208 Å². The van der Waals surface area contributed by atoms with Gasteiger partial charge in [0.15, 0.2) is 5.69 Å². The zero-order valence-electron chi connectivity index (χ0n) is 20.0. The summed E-state index contributed by atoms with van der Waals surface area (Å²) in [5.74, 6) is 1.48. The number of aromatic nitrogens is 3. The zero-order chi connectivity index (χ0) is 24.9. The number of benzene rings is 1. The third kappa shape index (κ3) is 5.35. The first-order valence-corrected chi connectivity index (χ1v) is 12.1. The molecule has 184 valence electrons. The molecule has 2 N–H and O–H groups in total. The Balaban J connectivity index is 1.21. The lowest BCUT2D eigenvalue weighted by atomic mass is 9.96. The molecule has 9 heteroatoms. The molecule has 0 unspecified atom stereocenters. The van der Waals surface area contributed by atoms with E-state index in [4.69, 9.17) is 8.94 Å². The van der Waals surface area contributed by atoms with E-state index in [1.807, 2.05) is 36.4 Å². The molecular formula is C27H27N5O4. The minimum absolute atomic E-state index is 0.0852. The number of pyridine rings is 1. The van der Waals surface area contributed by atoms with Crippen molar-refractivity contribution >= 4 is 17.5 Å². The molecule has 1 aliphatic rings. The summed E-state index contributed by atoms with van der Waals surface area (Å²) < 4.78 is 11.2. The number of fused-ring (bicyclic) bond motifs is 1. The number of oxazole rings is 1. The molecule has 0 saturated carbocycles. The van der Waals surface area contributed by atoms with Gasteiger partial charge in [-0.05, 0) is 62.4 Å². The van der Waals surface area contributed by atoms with Gasteiger partial charge in [-0.3, -0.25) is 14.6 Å². The highest BCUT2D eigenvalue weighted by molar-refractivity contribution is 5.94. The fourth-order valence-electron chi connectivity index (χ4n) is 4.28. The van der Waals surface area contributed by atoms with Crippen LogP contribution in [0, 0.1) is 6.92 Å². The van der Waals surface area contributed by atoms with Crippen LogP contribution in [0.5, 0.6) is 0 Å². The minimum Gasteiger partial charge on any atom is -0.441 e. The SMILES string of the molecule is Cc1oc(-c2cccc(NC(=O)CCc3cccnc3)c2)nc1CNC(=O)c1noc2c1CCCC2. The Kier molecular flexibility index (Phi) is 6.88. The summed E-state index contributed by atoms with van der Waals surface area (Å²) in [6, 6.07) is 11.1. The van der Waals surface area contributed by atoms with Gasteiger partial charge >= 0.3 is 0 Å². The molecule has 2 amide bonds. The van der Waals surface area contributed by atoms with Crippen molar-refractivity contribution in [2.24, 2.45) is 0 Å².